The number of nitrogens with one attached hydrogen (secondary N) is 1. The first-order valence-corrected chi connectivity index (χ1v) is 9.63. The third kappa shape index (κ3) is 4.93. The molecule has 9 heteroatoms. The number of halogens is 3. The van der Waals surface area contributed by atoms with Gasteiger partial charge in [0.1, 0.15) is 6.04 Å². The summed E-state index contributed by atoms with van der Waals surface area (Å²) in [4.78, 5) is 25.9. The van der Waals surface area contributed by atoms with Gasteiger partial charge in [-0.3, -0.25) is 4.79 Å². The molecule has 4 N–H and O–H groups in total. The fraction of sp³-hybridized carbons (Fsp3) is 0.238. The lowest BCUT2D eigenvalue weighted by Crippen LogP contribution is -2.43. The van der Waals surface area contributed by atoms with Gasteiger partial charge in [0.25, 0.3) is 0 Å². The van der Waals surface area contributed by atoms with E-state index in [9.17, 15) is 14.7 Å². The maximum absolute atomic E-state index is 12.6. The number of carboxylic acids is 1. The summed E-state index contributed by atoms with van der Waals surface area (Å²) in [6, 6.07) is 11.4. The van der Waals surface area contributed by atoms with Crippen molar-refractivity contribution < 1.29 is 14.7 Å². The van der Waals surface area contributed by atoms with E-state index < -0.39 is 18.1 Å². The van der Waals surface area contributed by atoms with Crippen molar-refractivity contribution in [2.75, 3.05) is 10.2 Å². The van der Waals surface area contributed by atoms with Crippen LogP contribution in [-0.2, 0) is 16.0 Å². The summed E-state index contributed by atoms with van der Waals surface area (Å²) in [7, 11) is 0. The lowest BCUT2D eigenvalue weighted by molar-refractivity contribution is -0.138. The Labute approximate surface area is 190 Å². The summed E-state index contributed by atoms with van der Waals surface area (Å²) in [5, 5.41) is 13.3. The van der Waals surface area contributed by atoms with Gasteiger partial charge in [0.05, 0.1) is 6.04 Å². The highest BCUT2D eigenvalue weighted by atomic mass is 35.5. The molecule has 0 spiro atoms. The van der Waals surface area contributed by atoms with E-state index in [-0.39, 0.29) is 24.7 Å². The van der Waals surface area contributed by atoms with Crippen LogP contribution in [0.5, 0.6) is 0 Å². The zero-order valence-electron chi connectivity index (χ0n) is 16.0. The second-order valence-electron chi connectivity index (χ2n) is 6.69. The summed E-state index contributed by atoms with van der Waals surface area (Å²) in [5.74, 6) is 1.54. The number of anilines is 2. The Morgan fingerprint density at radius 1 is 1.27 bits per heavy atom. The lowest BCUT2D eigenvalue weighted by Gasteiger charge is -2.38. The van der Waals surface area contributed by atoms with Gasteiger partial charge < -0.3 is 21.1 Å². The summed E-state index contributed by atoms with van der Waals surface area (Å²) in [6.07, 6.45) is 0.655. The van der Waals surface area contributed by atoms with E-state index in [1.807, 2.05) is 12.1 Å². The third-order valence-electron chi connectivity index (χ3n) is 4.77. The van der Waals surface area contributed by atoms with Crippen molar-refractivity contribution in [1.82, 2.24) is 0 Å². The number of amides is 1. The number of carbonyl (C=O) groups is 2. The van der Waals surface area contributed by atoms with Gasteiger partial charge in [-0.2, -0.15) is 0 Å². The molecule has 1 heterocycles. The van der Waals surface area contributed by atoms with E-state index in [0.717, 1.165) is 5.56 Å². The van der Waals surface area contributed by atoms with E-state index >= 15 is 0 Å². The van der Waals surface area contributed by atoms with Gasteiger partial charge in [0.15, 0.2) is 0 Å². The van der Waals surface area contributed by atoms with Crippen LogP contribution in [0.1, 0.15) is 30.5 Å². The SMILES string of the molecule is CC(=O)N(c1ccc(CC#CN)cc1)[C@@H]1C[C@@H](C(=O)O)Nc2cc(Cl)cc(Cl)c21.Cl. The molecule has 0 fully saturated rings. The number of aliphatic carboxylic acids is 1. The topological polar surface area (TPSA) is 95.7 Å². The molecule has 2 atom stereocenters. The number of hydrogen-bond donors (Lipinski definition) is 3. The molecule has 0 saturated heterocycles. The number of rotatable bonds is 4. The average Bonchev–Trinajstić information content (AvgIpc) is 2.66. The van der Waals surface area contributed by atoms with Crippen molar-refractivity contribution in [1.29, 1.82) is 0 Å². The maximum atomic E-state index is 12.6. The molecule has 158 valence electrons. The largest absolute Gasteiger partial charge is 0.480 e. The Balaban J connectivity index is 0.00000320. The molecule has 0 unspecified atom stereocenters. The third-order valence-corrected chi connectivity index (χ3v) is 5.31. The van der Waals surface area contributed by atoms with Gasteiger partial charge in [-0.1, -0.05) is 41.3 Å². The molecular weight excluding hydrogens is 449 g/mol. The number of carbonyl (C=O) groups excluding carboxylic acids is 1. The molecule has 1 aliphatic rings. The Morgan fingerprint density at radius 3 is 2.50 bits per heavy atom. The summed E-state index contributed by atoms with van der Waals surface area (Å²) < 4.78 is 0. The minimum atomic E-state index is -1.02. The average molecular weight is 469 g/mol. The second kappa shape index (κ2) is 9.94. The van der Waals surface area contributed by atoms with Gasteiger partial charge >= 0.3 is 5.97 Å². The molecule has 0 bridgehead atoms. The number of fused-ring (bicyclic) bond motifs is 1. The molecule has 0 saturated carbocycles. The normalized spacial score (nSPS) is 16.8. The van der Waals surface area contributed by atoms with Crippen molar-refractivity contribution in [2.45, 2.75) is 31.8 Å². The zero-order chi connectivity index (χ0) is 21.1. The molecule has 0 radical (unpaired) electrons. The number of benzene rings is 2. The van der Waals surface area contributed by atoms with E-state index in [2.05, 4.69) is 17.3 Å². The molecule has 6 nitrogen and oxygen atoms in total. The quantitative estimate of drug-likeness (QED) is 0.461. The molecule has 0 aliphatic carbocycles. The minimum absolute atomic E-state index is 0. The Morgan fingerprint density at radius 2 is 1.93 bits per heavy atom. The Kier molecular flexibility index (Phi) is 7.85. The molecule has 1 amide bonds. The molecular formula is C21H20Cl3N3O3. The molecule has 2 aromatic rings. The fourth-order valence-electron chi connectivity index (χ4n) is 3.54. The van der Waals surface area contributed by atoms with E-state index in [1.54, 1.807) is 29.2 Å². The van der Waals surface area contributed by atoms with Crippen molar-refractivity contribution in [3.63, 3.8) is 0 Å². The van der Waals surface area contributed by atoms with E-state index in [0.29, 0.717) is 33.4 Å². The lowest BCUT2D eigenvalue weighted by atomic mass is 9.91. The second-order valence-corrected chi connectivity index (χ2v) is 7.53. The Bertz CT molecular complexity index is 1020. The van der Waals surface area contributed by atoms with E-state index in [1.165, 1.54) is 6.92 Å². The van der Waals surface area contributed by atoms with E-state index in [4.69, 9.17) is 28.9 Å². The summed E-state index contributed by atoms with van der Waals surface area (Å²) in [6.45, 7) is 1.44. The number of nitrogens with zero attached hydrogens (tertiary/aromatic N) is 1. The van der Waals surface area contributed by atoms with Gasteiger partial charge in [0.2, 0.25) is 5.91 Å². The van der Waals surface area contributed by atoms with Crippen LogP contribution in [0.2, 0.25) is 10.0 Å². The van der Waals surface area contributed by atoms with Crippen LogP contribution < -0.4 is 16.0 Å². The standard InChI is InChI=1S/C21H19Cl2N3O3.ClH/c1-12(27)26(15-6-4-13(5-7-15)3-2-8-24)19-11-18(21(28)29)25-17-10-14(22)9-16(23)20(17)19;/h4-7,9-10,18-19,25H,3,11,24H2,1H3,(H,28,29);1H/t18-,19+;/m0./s1. The predicted octanol–water partition coefficient (Wildman–Crippen LogP) is 4.24. The first kappa shape index (κ1) is 23.7. The summed E-state index contributed by atoms with van der Waals surface area (Å²) in [5.41, 5.74) is 7.94. The van der Waals surface area contributed by atoms with Gasteiger partial charge in [-0.05, 0) is 29.8 Å². The van der Waals surface area contributed by atoms with Crippen LogP contribution in [0, 0.1) is 12.0 Å². The molecule has 0 aromatic heterocycles. The first-order chi connectivity index (χ1) is 13.8. The van der Waals surface area contributed by atoms with Gasteiger partial charge in [0, 0.05) is 52.8 Å². The predicted molar refractivity (Wildman–Crippen MR) is 121 cm³/mol. The Hall–Kier alpha value is -2.59. The number of nitrogens with two attached hydrogens (primary N) is 1. The first-order valence-electron chi connectivity index (χ1n) is 8.87. The molecule has 3 rings (SSSR count). The summed E-state index contributed by atoms with van der Waals surface area (Å²) >= 11 is 12.6. The van der Waals surface area contributed by atoms with Crippen molar-refractivity contribution in [3.8, 4) is 12.0 Å². The van der Waals surface area contributed by atoms with Crippen LogP contribution in [0.3, 0.4) is 0 Å². The molecule has 2 aromatic carbocycles. The monoisotopic (exact) mass is 467 g/mol. The zero-order valence-corrected chi connectivity index (χ0v) is 18.3. The van der Waals surface area contributed by atoms with Gasteiger partial charge in [-0.15, -0.1) is 12.4 Å². The van der Waals surface area contributed by atoms with Crippen LogP contribution >= 0.6 is 35.6 Å². The van der Waals surface area contributed by atoms with Gasteiger partial charge in [-0.25, -0.2) is 4.79 Å². The highest BCUT2D eigenvalue weighted by molar-refractivity contribution is 6.35. The fourth-order valence-corrected chi connectivity index (χ4v) is 4.16. The molecule has 1 aliphatic heterocycles. The minimum Gasteiger partial charge on any atom is -0.480 e. The maximum Gasteiger partial charge on any atom is 0.326 e. The van der Waals surface area contributed by atoms with Crippen molar-refractivity contribution in [2.24, 2.45) is 5.73 Å². The molecule has 30 heavy (non-hydrogen) atoms. The smallest absolute Gasteiger partial charge is 0.326 e. The van der Waals surface area contributed by atoms with Crippen LogP contribution in [0.15, 0.2) is 36.4 Å². The highest BCUT2D eigenvalue weighted by Crippen LogP contribution is 2.44. The number of hydrogen-bond acceptors (Lipinski definition) is 4. The number of carboxylic acid groups (broad SMARTS) is 1. The van der Waals surface area contributed by atoms with Crippen LogP contribution in [0.25, 0.3) is 0 Å². The van der Waals surface area contributed by atoms with Crippen molar-refractivity contribution >= 4 is 58.9 Å². The van der Waals surface area contributed by atoms with Crippen molar-refractivity contribution in [3.05, 3.63) is 57.6 Å². The highest BCUT2D eigenvalue weighted by Gasteiger charge is 2.37. The van der Waals surface area contributed by atoms with Crippen LogP contribution in [-0.4, -0.2) is 23.0 Å². The van der Waals surface area contributed by atoms with Crippen LogP contribution in [0.4, 0.5) is 11.4 Å².